The van der Waals surface area contributed by atoms with E-state index in [1.165, 1.54) is 12.1 Å². The number of carbonyl (C=O) groups is 2. The highest BCUT2D eigenvalue weighted by Gasteiger charge is 2.38. The molecular weight excluding hydrogens is 610 g/mol. The summed E-state index contributed by atoms with van der Waals surface area (Å²) in [5.41, 5.74) is 18.5. The first-order valence-corrected chi connectivity index (χ1v) is 17.7. The maximum Gasteiger partial charge on any atom is 0.240 e. The van der Waals surface area contributed by atoms with Crippen molar-refractivity contribution in [2.75, 3.05) is 13.1 Å². The van der Waals surface area contributed by atoms with Crippen molar-refractivity contribution in [3.8, 4) is 11.4 Å². The van der Waals surface area contributed by atoms with Gasteiger partial charge in [0, 0.05) is 49.0 Å². The molecule has 2 aromatic heterocycles. The van der Waals surface area contributed by atoms with E-state index < -0.39 is 12.1 Å². The molecule has 0 spiro atoms. The predicted octanol–water partition coefficient (Wildman–Crippen LogP) is 5.59. The topological polar surface area (TPSA) is 103 Å². The molecule has 4 atom stereocenters. The molecule has 0 aliphatic carbocycles. The number of likely N-dealkylation sites (tertiary alicyclic amines) is 2. The SMILES string of the molecule is CC(C)[C@H](N)C(=O)N1CCC[C@H]1Cc1c2n(c3cc(F)ccc13)CCn1c-2c(C[C@@H]2CCCN2C(=O)[C@@H](N)C(C)C)c2ccc(F)cc21. The molecule has 0 saturated carbocycles. The minimum Gasteiger partial charge on any atom is -0.338 e. The van der Waals surface area contributed by atoms with Crippen LogP contribution < -0.4 is 11.5 Å². The van der Waals surface area contributed by atoms with Gasteiger partial charge in [-0.3, -0.25) is 9.59 Å². The van der Waals surface area contributed by atoms with E-state index in [1.807, 2.05) is 49.6 Å². The zero-order valence-corrected chi connectivity index (χ0v) is 28.5. The lowest BCUT2D eigenvalue weighted by molar-refractivity contribution is -0.135. The fourth-order valence-corrected chi connectivity index (χ4v) is 8.51. The molecule has 4 aromatic rings. The van der Waals surface area contributed by atoms with Gasteiger partial charge in [-0.2, -0.15) is 0 Å². The van der Waals surface area contributed by atoms with Crippen LogP contribution in [0.1, 0.15) is 64.5 Å². The van der Waals surface area contributed by atoms with Gasteiger partial charge < -0.3 is 30.4 Å². The summed E-state index contributed by atoms with van der Waals surface area (Å²) in [5, 5.41) is 1.94. The number of amides is 2. The van der Waals surface area contributed by atoms with Crippen molar-refractivity contribution in [3.05, 3.63) is 59.2 Å². The number of rotatable bonds is 8. The third-order valence-corrected chi connectivity index (χ3v) is 11.2. The smallest absolute Gasteiger partial charge is 0.240 e. The molecule has 8 nitrogen and oxygen atoms in total. The number of nitrogens with two attached hydrogens (primary N) is 2. The molecule has 4 N–H and O–H groups in total. The summed E-state index contributed by atoms with van der Waals surface area (Å²) in [6, 6.07) is 8.76. The van der Waals surface area contributed by atoms with Crippen LogP contribution in [0.2, 0.25) is 0 Å². The lowest BCUT2D eigenvalue weighted by Gasteiger charge is -2.30. The number of carbonyl (C=O) groups excluding carboxylic acids is 2. The summed E-state index contributed by atoms with van der Waals surface area (Å²) in [6.07, 6.45) is 4.74. The third kappa shape index (κ3) is 5.41. The zero-order chi connectivity index (χ0) is 34.0. The van der Waals surface area contributed by atoms with Gasteiger partial charge >= 0.3 is 0 Å². The first-order chi connectivity index (χ1) is 23.0. The Morgan fingerprint density at radius 2 is 1.08 bits per heavy atom. The summed E-state index contributed by atoms with van der Waals surface area (Å²) in [7, 11) is 0. The van der Waals surface area contributed by atoms with Crippen LogP contribution in [0, 0.1) is 23.5 Å². The standard InChI is InChI=1S/C38H48F2N6O2/c1-21(2)33(41)37(47)43-13-5-7-25(43)19-29-27-11-9-23(39)17-31(27)45-15-16-46-32-18-24(40)10-12-28(32)30(36(46)35(29)45)20-26-8-6-14-44(26)38(48)34(42)22(3)4/h9-12,17-18,21-22,25-26,33-34H,5-8,13-16,19-20,41-42H2,1-4H3/t25-,26-,33-,34-/m0/s1. The summed E-state index contributed by atoms with van der Waals surface area (Å²) in [5.74, 6) is -0.588. The van der Waals surface area contributed by atoms with Gasteiger partial charge in [0.2, 0.25) is 11.8 Å². The van der Waals surface area contributed by atoms with Crippen molar-refractivity contribution in [2.24, 2.45) is 23.3 Å². The van der Waals surface area contributed by atoms with Crippen molar-refractivity contribution >= 4 is 33.6 Å². The highest BCUT2D eigenvalue weighted by molar-refractivity contribution is 5.98. The van der Waals surface area contributed by atoms with E-state index in [2.05, 4.69) is 9.13 Å². The largest absolute Gasteiger partial charge is 0.338 e. The maximum atomic E-state index is 14.9. The number of fused-ring (bicyclic) bond motifs is 7. The number of hydrogen-bond acceptors (Lipinski definition) is 4. The van der Waals surface area contributed by atoms with E-state index in [0.717, 1.165) is 70.0 Å². The van der Waals surface area contributed by atoms with Crippen LogP contribution in [0.4, 0.5) is 8.78 Å². The Kier molecular flexibility index (Phi) is 8.60. The van der Waals surface area contributed by atoms with Crippen molar-refractivity contribution in [2.45, 2.75) is 103 Å². The number of aromatic nitrogens is 2. The fourth-order valence-electron chi connectivity index (χ4n) is 8.51. The minimum atomic E-state index is -0.565. The summed E-state index contributed by atoms with van der Waals surface area (Å²) in [4.78, 5) is 31.0. The summed E-state index contributed by atoms with van der Waals surface area (Å²) >= 11 is 0. The van der Waals surface area contributed by atoms with Crippen molar-refractivity contribution < 1.29 is 18.4 Å². The first-order valence-electron chi connectivity index (χ1n) is 17.7. The van der Waals surface area contributed by atoms with E-state index in [0.29, 0.717) is 39.0 Å². The molecule has 2 saturated heterocycles. The normalized spacial score (nSPS) is 20.7. The molecule has 0 bridgehead atoms. The average Bonchev–Trinajstić information content (AvgIpc) is 3.85. The van der Waals surface area contributed by atoms with Crippen LogP contribution in [0.5, 0.6) is 0 Å². The molecule has 5 heterocycles. The van der Waals surface area contributed by atoms with Crippen molar-refractivity contribution in [3.63, 3.8) is 0 Å². The highest BCUT2D eigenvalue weighted by atomic mass is 19.1. The van der Waals surface area contributed by atoms with E-state index >= 15 is 0 Å². The van der Waals surface area contributed by atoms with Gasteiger partial charge in [-0.1, -0.05) is 27.7 Å². The molecule has 48 heavy (non-hydrogen) atoms. The van der Waals surface area contributed by atoms with E-state index in [-0.39, 0.29) is 47.4 Å². The highest BCUT2D eigenvalue weighted by Crippen LogP contribution is 2.45. The van der Waals surface area contributed by atoms with E-state index in [4.69, 9.17) is 11.5 Å². The van der Waals surface area contributed by atoms with E-state index in [1.54, 1.807) is 12.1 Å². The monoisotopic (exact) mass is 658 g/mol. The quantitative estimate of drug-likeness (QED) is 0.258. The van der Waals surface area contributed by atoms with E-state index in [9.17, 15) is 18.4 Å². The Morgan fingerprint density at radius 3 is 1.46 bits per heavy atom. The lowest BCUT2D eigenvalue weighted by Crippen LogP contribution is -2.49. The molecule has 3 aliphatic rings. The fraction of sp³-hybridized carbons (Fsp3) is 0.526. The molecular formula is C38H48F2N6O2. The van der Waals surface area contributed by atoms with Gasteiger partial charge in [-0.25, -0.2) is 8.78 Å². The second kappa shape index (κ2) is 12.6. The minimum absolute atomic E-state index is 0.0215. The lowest BCUT2D eigenvalue weighted by atomic mass is 9.94. The predicted molar refractivity (Wildman–Crippen MR) is 185 cm³/mol. The Hall–Kier alpha value is -3.76. The third-order valence-electron chi connectivity index (χ3n) is 11.2. The van der Waals surface area contributed by atoms with Gasteiger partial charge in [-0.05, 0) is 97.9 Å². The van der Waals surface area contributed by atoms with Gasteiger partial charge in [-0.15, -0.1) is 0 Å². The van der Waals surface area contributed by atoms with Gasteiger partial charge in [0.15, 0.2) is 0 Å². The second-order valence-electron chi connectivity index (χ2n) is 14.9. The molecule has 0 radical (unpaired) electrons. The number of halogens is 2. The van der Waals surface area contributed by atoms with Crippen LogP contribution in [0.3, 0.4) is 0 Å². The van der Waals surface area contributed by atoms with Crippen LogP contribution in [-0.4, -0.2) is 68.0 Å². The molecule has 2 aromatic carbocycles. The first kappa shape index (κ1) is 32.8. The van der Waals surface area contributed by atoms with Crippen molar-refractivity contribution in [1.82, 2.24) is 18.9 Å². The second-order valence-corrected chi connectivity index (χ2v) is 14.9. The molecule has 7 rings (SSSR count). The van der Waals surface area contributed by atoms with Crippen LogP contribution in [0.15, 0.2) is 36.4 Å². The maximum absolute atomic E-state index is 14.9. The molecule has 256 valence electrons. The van der Waals surface area contributed by atoms with Crippen molar-refractivity contribution in [1.29, 1.82) is 0 Å². The van der Waals surface area contributed by atoms with Gasteiger partial charge in [0.05, 0.1) is 34.5 Å². The van der Waals surface area contributed by atoms with Crippen LogP contribution >= 0.6 is 0 Å². The molecule has 2 amide bonds. The summed E-state index contributed by atoms with van der Waals surface area (Å²) in [6.45, 7) is 10.4. The number of aryl methyl sites for hydroxylation is 2. The Labute approximate surface area is 281 Å². The Balaban J connectivity index is 1.38. The average molecular weight is 659 g/mol. The molecule has 10 heteroatoms. The Morgan fingerprint density at radius 1 is 0.688 bits per heavy atom. The number of nitrogens with zero attached hydrogens (tertiary/aromatic N) is 4. The number of benzene rings is 2. The number of hydrogen-bond donors (Lipinski definition) is 2. The van der Waals surface area contributed by atoms with Crippen LogP contribution in [-0.2, 0) is 35.5 Å². The van der Waals surface area contributed by atoms with Gasteiger partial charge in [0.25, 0.3) is 0 Å². The molecule has 2 fully saturated rings. The summed E-state index contributed by atoms with van der Waals surface area (Å²) < 4.78 is 34.2. The molecule has 3 aliphatic heterocycles. The van der Waals surface area contributed by atoms with Gasteiger partial charge in [0.1, 0.15) is 11.6 Å². The van der Waals surface area contributed by atoms with Crippen LogP contribution in [0.25, 0.3) is 33.2 Å². The Bertz CT molecular complexity index is 1760. The zero-order valence-electron chi connectivity index (χ0n) is 28.5. The molecule has 0 unspecified atom stereocenters.